The van der Waals surface area contributed by atoms with E-state index in [2.05, 4.69) is 38.4 Å². The van der Waals surface area contributed by atoms with E-state index in [9.17, 15) is 0 Å². The number of nitrogens with one attached hydrogen (secondary N) is 1. The summed E-state index contributed by atoms with van der Waals surface area (Å²) in [7, 11) is 0. The summed E-state index contributed by atoms with van der Waals surface area (Å²) in [6.07, 6.45) is 2.42. The third kappa shape index (κ3) is 4.74. The quantitative estimate of drug-likeness (QED) is 0.586. The van der Waals surface area contributed by atoms with Crippen LogP contribution in [0.1, 0.15) is 26.7 Å². The van der Waals surface area contributed by atoms with Gasteiger partial charge in [0.05, 0.1) is 0 Å². The molecule has 0 heterocycles. The highest BCUT2D eigenvalue weighted by Crippen LogP contribution is 1.98. The Hall–Kier alpha value is -0.110. The lowest BCUT2D eigenvalue weighted by molar-refractivity contribution is 0.562. The van der Waals surface area contributed by atoms with Crippen molar-refractivity contribution in [3.05, 3.63) is 12.3 Å². The molecular formula is C8H17NS. The first-order valence-corrected chi connectivity index (χ1v) is 4.39. The van der Waals surface area contributed by atoms with Crippen LogP contribution in [-0.4, -0.2) is 11.8 Å². The monoisotopic (exact) mass is 159 g/mol. The van der Waals surface area contributed by atoms with E-state index in [1.54, 1.807) is 0 Å². The van der Waals surface area contributed by atoms with E-state index in [1.165, 1.54) is 12.8 Å². The Labute approximate surface area is 69.3 Å². The molecule has 60 valence electrons. The molecule has 0 rings (SSSR count). The lowest BCUT2D eigenvalue weighted by Gasteiger charge is -2.14. The molecule has 1 atom stereocenters. The molecule has 0 saturated carbocycles. The molecule has 2 heteroatoms. The van der Waals surface area contributed by atoms with Crippen LogP contribution in [0.3, 0.4) is 0 Å². The van der Waals surface area contributed by atoms with Crippen molar-refractivity contribution in [3.8, 4) is 0 Å². The Morgan fingerprint density at radius 3 is 2.70 bits per heavy atom. The maximum absolute atomic E-state index is 4.10. The van der Waals surface area contributed by atoms with Gasteiger partial charge in [-0.2, -0.15) is 12.6 Å². The van der Waals surface area contributed by atoms with Crippen molar-refractivity contribution in [1.29, 1.82) is 0 Å². The maximum atomic E-state index is 4.10. The van der Waals surface area contributed by atoms with E-state index < -0.39 is 0 Å². The minimum absolute atomic E-state index is 0.546. The van der Waals surface area contributed by atoms with Gasteiger partial charge < -0.3 is 5.32 Å². The number of hydrogen-bond donors (Lipinski definition) is 2. The lowest BCUT2D eigenvalue weighted by atomic mass is 10.2. The molecule has 0 amide bonds. The van der Waals surface area contributed by atoms with Gasteiger partial charge in [-0.1, -0.05) is 19.9 Å². The second-order valence-electron chi connectivity index (χ2n) is 2.60. The first kappa shape index (κ1) is 9.89. The van der Waals surface area contributed by atoms with Crippen molar-refractivity contribution in [2.75, 3.05) is 5.75 Å². The molecular weight excluding hydrogens is 142 g/mol. The molecule has 10 heavy (non-hydrogen) atoms. The number of rotatable bonds is 5. The smallest absolute Gasteiger partial charge is 0.0296 e. The van der Waals surface area contributed by atoms with Crippen molar-refractivity contribution < 1.29 is 0 Å². The van der Waals surface area contributed by atoms with E-state index in [-0.39, 0.29) is 0 Å². The molecule has 0 aliphatic heterocycles. The molecule has 0 radical (unpaired) electrons. The summed E-state index contributed by atoms with van der Waals surface area (Å²) in [6, 6.07) is 0.546. The molecule has 0 aliphatic carbocycles. The summed E-state index contributed by atoms with van der Waals surface area (Å²) in [4.78, 5) is 0. The van der Waals surface area contributed by atoms with Crippen LogP contribution in [0.4, 0.5) is 0 Å². The largest absolute Gasteiger partial charge is 0.386 e. The zero-order valence-corrected chi connectivity index (χ0v) is 7.75. The number of hydrogen-bond acceptors (Lipinski definition) is 2. The van der Waals surface area contributed by atoms with Crippen molar-refractivity contribution >= 4 is 12.6 Å². The van der Waals surface area contributed by atoms with Crippen LogP contribution in [0.25, 0.3) is 0 Å². The zero-order valence-electron chi connectivity index (χ0n) is 6.85. The topological polar surface area (TPSA) is 12.0 Å². The van der Waals surface area contributed by atoms with E-state index in [0.29, 0.717) is 6.04 Å². The minimum Gasteiger partial charge on any atom is -0.386 e. The summed E-state index contributed by atoms with van der Waals surface area (Å²) in [5.41, 5.74) is 1.02. The summed E-state index contributed by atoms with van der Waals surface area (Å²) in [6.45, 7) is 8.15. The van der Waals surface area contributed by atoms with Gasteiger partial charge in [-0.05, 0) is 13.3 Å². The van der Waals surface area contributed by atoms with Crippen LogP contribution in [0.5, 0.6) is 0 Å². The maximum Gasteiger partial charge on any atom is 0.0296 e. The first-order valence-electron chi connectivity index (χ1n) is 3.75. The van der Waals surface area contributed by atoms with Gasteiger partial charge in [-0.15, -0.1) is 0 Å². The third-order valence-corrected chi connectivity index (χ3v) is 1.74. The van der Waals surface area contributed by atoms with Crippen LogP contribution in [-0.2, 0) is 0 Å². The van der Waals surface area contributed by atoms with Crippen LogP contribution >= 0.6 is 12.6 Å². The molecule has 0 saturated heterocycles. The zero-order chi connectivity index (χ0) is 7.98. The first-order chi connectivity index (χ1) is 4.70. The van der Waals surface area contributed by atoms with Crippen molar-refractivity contribution in [3.63, 3.8) is 0 Å². The van der Waals surface area contributed by atoms with E-state index >= 15 is 0 Å². The van der Waals surface area contributed by atoms with Gasteiger partial charge in [-0.3, -0.25) is 0 Å². The average Bonchev–Trinajstić information content (AvgIpc) is 1.88. The highest BCUT2D eigenvalue weighted by molar-refractivity contribution is 7.80. The molecule has 0 spiro atoms. The summed E-state index contributed by atoms with van der Waals surface area (Å²) < 4.78 is 0. The third-order valence-electron chi connectivity index (χ3n) is 1.36. The summed E-state index contributed by atoms with van der Waals surface area (Å²) >= 11 is 4.10. The Morgan fingerprint density at radius 2 is 2.30 bits per heavy atom. The Balaban J connectivity index is 3.37. The second-order valence-corrected chi connectivity index (χ2v) is 2.91. The fourth-order valence-electron chi connectivity index (χ4n) is 0.899. The highest BCUT2D eigenvalue weighted by atomic mass is 32.1. The van der Waals surface area contributed by atoms with Gasteiger partial charge in [0.15, 0.2) is 0 Å². The predicted octanol–water partition coefficient (Wildman–Crippen LogP) is 2.21. The molecule has 0 aromatic rings. The average molecular weight is 159 g/mol. The van der Waals surface area contributed by atoms with Crippen molar-refractivity contribution in [1.82, 2.24) is 5.32 Å². The standard InChI is InChI=1S/C8H17NS/c1-4-5-7(2)9-8(3)6-10/h7,9-10H,3-6H2,1-2H3. The van der Waals surface area contributed by atoms with Crippen LogP contribution < -0.4 is 5.32 Å². The number of thiol groups is 1. The Kier molecular flexibility index (Phi) is 5.60. The normalized spacial score (nSPS) is 12.7. The predicted molar refractivity (Wildman–Crippen MR) is 50.5 cm³/mol. The van der Waals surface area contributed by atoms with Gasteiger partial charge in [0.25, 0.3) is 0 Å². The molecule has 0 bridgehead atoms. The molecule has 0 aliphatic rings. The minimum atomic E-state index is 0.546. The Bertz CT molecular complexity index is 101. The van der Waals surface area contributed by atoms with Crippen LogP contribution in [0.15, 0.2) is 12.3 Å². The van der Waals surface area contributed by atoms with Crippen molar-refractivity contribution in [2.24, 2.45) is 0 Å². The lowest BCUT2D eigenvalue weighted by Crippen LogP contribution is -2.25. The van der Waals surface area contributed by atoms with Crippen molar-refractivity contribution in [2.45, 2.75) is 32.7 Å². The second kappa shape index (κ2) is 5.66. The van der Waals surface area contributed by atoms with Gasteiger partial charge in [0.2, 0.25) is 0 Å². The van der Waals surface area contributed by atoms with Gasteiger partial charge in [-0.25, -0.2) is 0 Å². The van der Waals surface area contributed by atoms with E-state index in [4.69, 9.17) is 0 Å². The fourth-order valence-corrected chi connectivity index (χ4v) is 0.991. The fraction of sp³-hybridized carbons (Fsp3) is 0.750. The van der Waals surface area contributed by atoms with Gasteiger partial charge >= 0.3 is 0 Å². The molecule has 1 N–H and O–H groups in total. The highest BCUT2D eigenvalue weighted by Gasteiger charge is 1.98. The molecule has 0 fully saturated rings. The van der Waals surface area contributed by atoms with E-state index in [0.717, 1.165) is 11.4 Å². The van der Waals surface area contributed by atoms with Gasteiger partial charge in [0, 0.05) is 17.5 Å². The molecule has 0 aromatic heterocycles. The molecule has 1 unspecified atom stereocenters. The summed E-state index contributed by atoms with van der Waals surface area (Å²) in [5.74, 6) is 0.730. The molecule has 1 nitrogen and oxygen atoms in total. The Morgan fingerprint density at radius 1 is 1.70 bits per heavy atom. The van der Waals surface area contributed by atoms with E-state index in [1.807, 2.05) is 0 Å². The summed E-state index contributed by atoms with van der Waals surface area (Å²) in [5, 5.41) is 3.26. The van der Waals surface area contributed by atoms with Gasteiger partial charge in [0.1, 0.15) is 0 Å². The molecule has 0 aromatic carbocycles. The van der Waals surface area contributed by atoms with Crippen LogP contribution in [0.2, 0.25) is 0 Å². The van der Waals surface area contributed by atoms with Crippen LogP contribution in [0, 0.1) is 0 Å². The SMILES string of the molecule is C=C(CS)NC(C)CCC.